The van der Waals surface area contributed by atoms with Gasteiger partial charge >= 0.3 is 0 Å². The number of ether oxygens (including phenoxy) is 1. The van der Waals surface area contributed by atoms with Crippen LogP contribution in [-0.2, 0) is 4.74 Å². The largest absolute Gasteiger partial charge is 0.368 e. The summed E-state index contributed by atoms with van der Waals surface area (Å²) in [5, 5.41) is 2.06. The molecule has 1 heterocycles. The van der Waals surface area contributed by atoms with Gasteiger partial charge in [0, 0.05) is 10.9 Å². The fourth-order valence-corrected chi connectivity index (χ4v) is 2.13. The number of hydrogen-bond donors (Lipinski definition) is 1. The SMILES string of the molecule is CCC(C)OC(c1cccs1)C(C)N. The predicted molar refractivity (Wildman–Crippen MR) is 61.5 cm³/mol. The van der Waals surface area contributed by atoms with Crippen LogP contribution in [0.1, 0.15) is 38.2 Å². The van der Waals surface area contributed by atoms with Gasteiger partial charge in [-0.2, -0.15) is 0 Å². The van der Waals surface area contributed by atoms with E-state index in [1.54, 1.807) is 11.3 Å². The molecule has 0 saturated carbocycles. The normalized spacial score (nSPS) is 17.7. The zero-order valence-electron chi connectivity index (χ0n) is 9.07. The van der Waals surface area contributed by atoms with Gasteiger partial charge in [0.15, 0.2) is 0 Å². The number of hydrogen-bond acceptors (Lipinski definition) is 3. The molecule has 0 radical (unpaired) electrons. The van der Waals surface area contributed by atoms with Gasteiger partial charge in [0.2, 0.25) is 0 Å². The van der Waals surface area contributed by atoms with Crippen LogP contribution in [0.3, 0.4) is 0 Å². The molecule has 0 spiro atoms. The molecule has 3 heteroatoms. The van der Waals surface area contributed by atoms with Crippen molar-refractivity contribution >= 4 is 11.3 Å². The van der Waals surface area contributed by atoms with Crippen LogP contribution >= 0.6 is 11.3 Å². The molecule has 80 valence electrons. The second-order valence-electron chi connectivity index (χ2n) is 3.65. The lowest BCUT2D eigenvalue weighted by Gasteiger charge is -2.23. The summed E-state index contributed by atoms with van der Waals surface area (Å²) in [6, 6.07) is 4.17. The maximum absolute atomic E-state index is 5.91. The van der Waals surface area contributed by atoms with Gasteiger partial charge in [-0.25, -0.2) is 0 Å². The molecule has 0 aliphatic rings. The zero-order valence-corrected chi connectivity index (χ0v) is 9.88. The van der Waals surface area contributed by atoms with Crippen molar-refractivity contribution in [3.63, 3.8) is 0 Å². The molecule has 2 N–H and O–H groups in total. The maximum Gasteiger partial charge on any atom is 0.107 e. The third kappa shape index (κ3) is 3.08. The highest BCUT2D eigenvalue weighted by atomic mass is 32.1. The summed E-state index contributed by atoms with van der Waals surface area (Å²) in [5.41, 5.74) is 5.91. The summed E-state index contributed by atoms with van der Waals surface area (Å²) in [4.78, 5) is 1.22. The quantitative estimate of drug-likeness (QED) is 0.816. The Bertz CT molecular complexity index is 246. The Hall–Kier alpha value is -0.380. The molecular formula is C11H19NOS. The van der Waals surface area contributed by atoms with E-state index in [2.05, 4.69) is 25.3 Å². The minimum absolute atomic E-state index is 0.0441. The van der Waals surface area contributed by atoms with Crippen molar-refractivity contribution in [1.82, 2.24) is 0 Å². The smallest absolute Gasteiger partial charge is 0.107 e. The second-order valence-corrected chi connectivity index (χ2v) is 4.63. The Balaban J connectivity index is 2.66. The Labute approximate surface area is 90.1 Å². The van der Waals surface area contributed by atoms with E-state index >= 15 is 0 Å². The van der Waals surface area contributed by atoms with Gasteiger partial charge in [-0.3, -0.25) is 0 Å². The van der Waals surface area contributed by atoms with Crippen molar-refractivity contribution in [2.45, 2.75) is 45.4 Å². The molecule has 0 aliphatic carbocycles. The second kappa shape index (κ2) is 5.49. The van der Waals surface area contributed by atoms with Crippen LogP contribution in [-0.4, -0.2) is 12.1 Å². The first-order chi connectivity index (χ1) is 6.65. The van der Waals surface area contributed by atoms with Crippen LogP contribution in [0.15, 0.2) is 17.5 Å². The number of thiophene rings is 1. The molecule has 2 nitrogen and oxygen atoms in total. The highest BCUT2D eigenvalue weighted by Crippen LogP contribution is 2.26. The molecule has 1 rings (SSSR count). The third-order valence-electron chi connectivity index (χ3n) is 2.25. The molecule has 0 aromatic carbocycles. The van der Waals surface area contributed by atoms with E-state index in [-0.39, 0.29) is 18.2 Å². The molecule has 1 aromatic heterocycles. The van der Waals surface area contributed by atoms with Crippen LogP contribution < -0.4 is 5.73 Å². The third-order valence-corrected chi connectivity index (χ3v) is 3.19. The maximum atomic E-state index is 5.91. The summed E-state index contributed by atoms with van der Waals surface area (Å²) in [5.74, 6) is 0. The number of nitrogens with two attached hydrogens (primary N) is 1. The summed E-state index contributed by atoms with van der Waals surface area (Å²) in [7, 11) is 0. The van der Waals surface area contributed by atoms with E-state index in [0.29, 0.717) is 0 Å². The minimum Gasteiger partial charge on any atom is -0.368 e. The molecule has 0 amide bonds. The van der Waals surface area contributed by atoms with Crippen LogP contribution in [0.5, 0.6) is 0 Å². The molecule has 3 atom stereocenters. The van der Waals surface area contributed by atoms with E-state index in [1.807, 2.05) is 13.0 Å². The monoisotopic (exact) mass is 213 g/mol. The van der Waals surface area contributed by atoms with E-state index in [0.717, 1.165) is 6.42 Å². The Kier molecular flexibility index (Phi) is 4.58. The lowest BCUT2D eigenvalue weighted by atomic mass is 10.1. The first-order valence-electron chi connectivity index (χ1n) is 5.09. The topological polar surface area (TPSA) is 35.2 Å². The highest BCUT2D eigenvalue weighted by Gasteiger charge is 2.19. The van der Waals surface area contributed by atoms with Gasteiger partial charge in [-0.1, -0.05) is 13.0 Å². The highest BCUT2D eigenvalue weighted by molar-refractivity contribution is 7.10. The molecule has 0 bridgehead atoms. The molecule has 0 fully saturated rings. The summed E-state index contributed by atoms with van der Waals surface area (Å²) < 4.78 is 5.89. The van der Waals surface area contributed by atoms with Gasteiger partial charge in [0.25, 0.3) is 0 Å². The molecule has 3 unspecified atom stereocenters. The van der Waals surface area contributed by atoms with Crippen molar-refractivity contribution in [2.24, 2.45) is 5.73 Å². The van der Waals surface area contributed by atoms with Crippen molar-refractivity contribution in [1.29, 1.82) is 0 Å². The van der Waals surface area contributed by atoms with Gasteiger partial charge in [0.05, 0.1) is 6.10 Å². The van der Waals surface area contributed by atoms with Crippen LogP contribution in [0.2, 0.25) is 0 Å². The first kappa shape index (κ1) is 11.7. The van der Waals surface area contributed by atoms with E-state index in [4.69, 9.17) is 10.5 Å². The van der Waals surface area contributed by atoms with Crippen molar-refractivity contribution in [3.05, 3.63) is 22.4 Å². The average Bonchev–Trinajstić information content (AvgIpc) is 2.65. The van der Waals surface area contributed by atoms with Gasteiger partial charge in [-0.15, -0.1) is 11.3 Å². The Morgan fingerprint density at radius 1 is 1.50 bits per heavy atom. The summed E-state index contributed by atoms with van der Waals surface area (Å²) in [6.07, 6.45) is 1.34. The van der Waals surface area contributed by atoms with Crippen LogP contribution in [0.25, 0.3) is 0 Å². The molecular weight excluding hydrogens is 194 g/mol. The standard InChI is InChI=1S/C11H19NOS/c1-4-8(2)13-11(9(3)12)10-6-5-7-14-10/h5-9,11H,4,12H2,1-3H3. The molecule has 1 aromatic rings. The average molecular weight is 213 g/mol. The van der Waals surface area contributed by atoms with Crippen molar-refractivity contribution in [2.75, 3.05) is 0 Å². The fourth-order valence-electron chi connectivity index (χ4n) is 1.25. The van der Waals surface area contributed by atoms with E-state index in [9.17, 15) is 0 Å². The zero-order chi connectivity index (χ0) is 10.6. The minimum atomic E-state index is 0.0441. The van der Waals surface area contributed by atoms with E-state index in [1.165, 1.54) is 4.88 Å². The lowest BCUT2D eigenvalue weighted by Crippen LogP contribution is -2.28. The fraction of sp³-hybridized carbons (Fsp3) is 0.636. The van der Waals surface area contributed by atoms with Gasteiger partial charge in [0.1, 0.15) is 6.10 Å². The van der Waals surface area contributed by atoms with Crippen LogP contribution in [0.4, 0.5) is 0 Å². The van der Waals surface area contributed by atoms with E-state index < -0.39 is 0 Å². The Morgan fingerprint density at radius 2 is 2.21 bits per heavy atom. The van der Waals surface area contributed by atoms with Crippen molar-refractivity contribution in [3.8, 4) is 0 Å². The van der Waals surface area contributed by atoms with Gasteiger partial charge in [-0.05, 0) is 31.7 Å². The lowest BCUT2D eigenvalue weighted by molar-refractivity contribution is -0.0141. The first-order valence-corrected chi connectivity index (χ1v) is 5.97. The van der Waals surface area contributed by atoms with Gasteiger partial charge < -0.3 is 10.5 Å². The molecule has 0 saturated heterocycles. The van der Waals surface area contributed by atoms with Crippen LogP contribution in [0, 0.1) is 0 Å². The van der Waals surface area contributed by atoms with Crippen molar-refractivity contribution < 1.29 is 4.74 Å². The summed E-state index contributed by atoms with van der Waals surface area (Å²) >= 11 is 1.71. The molecule has 0 aliphatic heterocycles. The summed E-state index contributed by atoms with van der Waals surface area (Å²) in [6.45, 7) is 6.20. The Morgan fingerprint density at radius 3 is 2.64 bits per heavy atom. The number of rotatable bonds is 5. The predicted octanol–water partition coefficient (Wildman–Crippen LogP) is 2.95. The molecule has 14 heavy (non-hydrogen) atoms.